The van der Waals surface area contributed by atoms with E-state index in [1.54, 1.807) is 24.0 Å². The van der Waals surface area contributed by atoms with Gasteiger partial charge in [0, 0.05) is 13.2 Å². The van der Waals surface area contributed by atoms with Crippen LogP contribution in [0.3, 0.4) is 0 Å². The van der Waals surface area contributed by atoms with Crippen molar-refractivity contribution in [2.24, 2.45) is 7.05 Å². The van der Waals surface area contributed by atoms with Gasteiger partial charge in [0.05, 0.1) is 17.8 Å². The van der Waals surface area contributed by atoms with Gasteiger partial charge in [-0.15, -0.1) is 0 Å². The van der Waals surface area contributed by atoms with Gasteiger partial charge >= 0.3 is 6.18 Å². The second kappa shape index (κ2) is 4.79. The maximum absolute atomic E-state index is 12.6. The van der Waals surface area contributed by atoms with Gasteiger partial charge in [0.25, 0.3) is 0 Å². The molecule has 0 amide bonds. The highest BCUT2D eigenvalue weighted by Crippen LogP contribution is 2.31. The second-order valence-electron chi connectivity index (χ2n) is 3.96. The van der Waals surface area contributed by atoms with Crippen LogP contribution in [0, 0.1) is 0 Å². The molecule has 2 aromatic heterocycles. The second-order valence-corrected chi connectivity index (χ2v) is 3.96. The van der Waals surface area contributed by atoms with Gasteiger partial charge in [-0.1, -0.05) is 0 Å². The monoisotopic (exact) mass is 271 g/mol. The Hall–Kier alpha value is -2.25. The third-order valence-corrected chi connectivity index (χ3v) is 2.55. The summed E-state index contributed by atoms with van der Waals surface area (Å²) in [5, 5.41) is 6.74. The lowest BCUT2D eigenvalue weighted by atomic mass is 10.2. The number of pyridine rings is 1. The van der Waals surface area contributed by atoms with E-state index in [2.05, 4.69) is 15.4 Å². The van der Waals surface area contributed by atoms with E-state index in [-0.39, 0.29) is 11.6 Å². The van der Waals surface area contributed by atoms with Crippen LogP contribution < -0.4 is 11.1 Å². The molecule has 0 atom stereocenters. The number of aryl methyl sites for hydroxylation is 1. The van der Waals surface area contributed by atoms with Crippen molar-refractivity contribution < 1.29 is 13.2 Å². The summed E-state index contributed by atoms with van der Waals surface area (Å²) in [5.74, 6) is -0.101. The van der Waals surface area contributed by atoms with E-state index >= 15 is 0 Å². The number of halogens is 3. The molecule has 2 heterocycles. The maximum Gasteiger partial charge on any atom is 0.416 e. The molecule has 0 saturated heterocycles. The third-order valence-electron chi connectivity index (χ3n) is 2.55. The standard InChI is InChI=1S/C11H12F3N5/c1-19-8(2-3-17-19)6-16-10-5-7(11(12,13)14)4-9(15)18-10/h2-5H,6H2,1H3,(H3,15,16,18). The van der Waals surface area contributed by atoms with E-state index in [0.29, 0.717) is 6.54 Å². The zero-order chi connectivity index (χ0) is 14.0. The van der Waals surface area contributed by atoms with Crippen molar-refractivity contribution in [2.75, 3.05) is 11.1 Å². The molecule has 0 saturated carbocycles. The number of aromatic nitrogens is 3. The predicted molar refractivity (Wildman–Crippen MR) is 64.2 cm³/mol. The highest BCUT2D eigenvalue weighted by Gasteiger charge is 2.31. The van der Waals surface area contributed by atoms with E-state index < -0.39 is 11.7 Å². The summed E-state index contributed by atoms with van der Waals surface area (Å²) in [6, 6.07) is 3.48. The molecule has 0 aliphatic carbocycles. The van der Waals surface area contributed by atoms with Crippen molar-refractivity contribution in [3.8, 4) is 0 Å². The van der Waals surface area contributed by atoms with Crippen LogP contribution in [-0.4, -0.2) is 14.8 Å². The average molecular weight is 271 g/mol. The first-order chi connectivity index (χ1) is 8.86. The molecule has 8 heteroatoms. The molecule has 2 rings (SSSR count). The third kappa shape index (κ3) is 3.15. The number of nitrogen functional groups attached to an aromatic ring is 1. The largest absolute Gasteiger partial charge is 0.416 e. The quantitative estimate of drug-likeness (QED) is 0.896. The van der Waals surface area contributed by atoms with Crippen LogP contribution in [0.5, 0.6) is 0 Å². The number of hydrogen-bond donors (Lipinski definition) is 2. The summed E-state index contributed by atoms with van der Waals surface area (Å²) in [5.41, 5.74) is 5.36. The highest BCUT2D eigenvalue weighted by molar-refractivity contribution is 5.47. The summed E-state index contributed by atoms with van der Waals surface area (Å²) < 4.78 is 39.4. The van der Waals surface area contributed by atoms with Gasteiger partial charge in [0.15, 0.2) is 0 Å². The lowest BCUT2D eigenvalue weighted by Gasteiger charge is -2.11. The zero-order valence-electron chi connectivity index (χ0n) is 10.1. The molecular formula is C11H12F3N5. The number of nitrogens with zero attached hydrogens (tertiary/aromatic N) is 3. The Labute approximate surface area is 107 Å². The topological polar surface area (TPSA) is 68.8 Å². The molecule has 0 aliphatic rings. The number of alkyl halides is 3. The zero-order valence-corrected chi connectivity index (χ0v) is 10.1. The molecule has 19 heavy (non-hydrogen) atoms. The van der Waals surface area contributed by atoms with Crippen LogP contribution >= 0.6 is 0 Å². The summed E-state index contributed by atoms with van der Waals surface area (Å²) in [6.45, 7) is 0.310. The molecule has 0 unspecified atom stereocenters. The average Bonchev–Trinajstić information content (AvgIpc) is 2.70. The number of rotatable bonds is 3. The van der Waals surface area contributed by atoms with E-state index in [4.69, 9.17) is 5.73 Å². The summed E-state index contributed by atoms with van der Waals surface area (Å²) in [6.07, 6.45) is -2.84. The number of hydrogen-bond acceptors (Lipinski definition) is 4. The Bertz CT molecular complexity index is 576. The summed E-state index contributed by atoms with van der Waals surface area (Å²) in [7, 11) is 1.74. The Kier molecular flexibility index (Phi) is 3.32. The maximum atomic E-state index is 12.6. The van der Waals surface area contributed by atoms with Crippen molar-refractivity contribution in [1.82, 2.24) is 14.8 Å². The van der Waals surface area contributed by atoms with Gasteiger partial charge < -0.3 is 11.1 Å². The highest BCUT2D eigenvalue weighted by atomic mass is 19.4. The lowest BCUT2D eigenvalue weighted by Crippen LogP contribution is -2.11. The van der Waals surface area contributed by atoms with Crippen LogP contribution in [0.4, 0.5) is 24.8 Å². The van der Waals surface area contributed by atoms with Crippen molar-refractivity contribution >= 4 is 11.6 Å². The van der Waals surface area contributed by atoms with Gasteiger partial charge in [-0.25, -0.2) is 4.98 Å². The van der Waals surface area contributed by atoms with Crippen LogP contribution in [0.25, 0.3) is 0 Å². The number of anilines is 2. The molecule has 102 valence electrons. The lowest BCUT2D eigenvalue weighted by molar-refractivity contribution is -0.137. The fourth-order valence-electron chi connectivity index (χ4n) is 1.56. The minimum atomic E-state index is -4.44. The van der Waals surface area contributed by atoms with Gasteiger partial charge in [0.2, 0.25) is 0 Å². The SMILES string of the molecule is Cn1nccc1CNc1cc(C(F)(F)F)cc(N)n1. The fraction of sp³-hybridized carbons (Fsp3) is 0.273. The molecule has 0 aliphatic heterocycles. The van der Waals surface area contributed by atoms with Gasteiger partial charge in [-0.05, 0) is 18.2 Å². The first-order valence-corrected chi connectivity index (χ1v) is 5.42. The summed E-state index contributed by atoms with van der Waals surface area (Å²) in [4.78, 5) is 3.81. The van der Waals surface area contributed by atoms with Crippen LogP contribution in [-0.2, 0) is 19.8 Å². The van der Waals surface area contributed by atoms with Crippen molar-refractivity contribution in [2.45, 2.75) is 12.7 Å². The molecule has 3 N–H and O–H groups in total. The van der Waals surface area contributed by atoms with E-state index in [1.807, 2.05) is 0 Å². The molecule has 0 bridgehead atoms. The first-order valence-electron chi connectivity index (χ1n) is 5.42. The molecule has 2 aromatic rings. The molecule has 0 fully saturated rings. The fourth-order valence-corrected chi connectivity index (χ4v) is 1.56. The Morgan fingerprint density at radius 3 is 2.68 bits per heavy atom. The predicted octanol–water partition coefficient (Wildman–Crippen LogP) is 2.03. The van der Waals surface area contributed by atoms with Crippen LogP contribution in [0.15, 0.2) is 24.4 Å². The van der Waals surface area contributed by atoms with Crippen molar-refractivity contribution in [3.63, 3.8) is 0 Å². The molecular weight excluding hydrogens is 259 g/mol. The van der Waals surface area contributed by atoms with Gasteiger partial charge in [0.1, 0.15) is 11.6 Å². The molecule has 5 nitrogen and oxygen atoms in total. The smallest absolute Gasteiger partial charge is 0.384 e. The van der Waals surface area contributed by atoms with E-state index in [9.17, 15) is 13.2 Å². The minimum Gasteiger partial charge on any atom is -0.384 e. The Balaban J connectivity index is 2.17. The van der Waals surface area contributed by atoms with Crippen molar-refractivity contribution in [3.05, 3.63) is 35.7 Å². The van der Waals surface area contributed by atoms with Crippen molar-refractivity contribution in [1.29, 1.82) is 0 Å². The van der Waals surface area contributed by atoms with Crippen LogP contribution in [0.2, 0.25) is 0 Å². The number of nitrogens with one attached hydrogen (secondary N) is 1. The molecule has 0 aromatic carbocycles. The first kappa shape index (κ1) is 13.2. The summed E-state index contributed by atoms with van der Waals surface area (Å²) >= 11 is 0. The van der Waals surface area contributed by atoms with Gasteiger partial charge in [-0.2, -0.15) is 18.3 Å². The Morgan fingerprint density at radius 1 is 1.37 bits per heavy atom. The van der Waals surface area contributed by atoms with E-state index in [0.717, 1.165) is 17.8 Å². The Morgan fingerprint density at radius 2 is 2.11 bits per heavy atom. The van der Waals surface area contributed by atoms with Crippen LogP contribution in [0.1, 0.15) is 11.3 Å². The minimum absolute atomic E-state index is 0.0773. The van der Waals surface area contributed by atoms with Gasteiger partial charge in [-0.3, -0.25) is 4.68 Å². The van der Waals surface area contributed by atoms with E-state index in [1.165, 1.54) is 0 Å². The molecule has 0 spiro atoms. The normalized spacial score (nSPS) is 11.6. The molecule has 0 radical (unpaired) electrons. The number of nitrogens with two attached hydrogens (primary N) is 1.